The van der Waals surface area contributed by atoms with Gasteiger partial charge < -0.3 is 5.32 Å². The SMILES string of the molecule is CCCNC(CSC(C)(C)C)Cc1c(C)cccc1C. The summed E-state index contributed by atoms with van der Waals surface area (Å²) >= 11 is 2.06. The van der Waals surface area contributed by atoms with Crippen LogP contribution in [0.2, 0.25) is 0 Å². The fourth-order valence-electron chi connectivity index (χ4n) is 2.31. The Bertz CT molecular complexity index is 386. The van der Waals surface area contributed by atoms with E-state index in [9.17, 15) is 0 Å². The van der Waals surface area contributed by atoms with Crippen LogP contribution in [0.3, 0.4) is 0 Å². The van der Waals surface area contributed by atoms with E-state index in [-0.39, 0.29) is 0 Å². The van der Waals surface area contributed by atoms with Crippen molar-refractivity contribution in [2.24, 2.45) is 0 Å². The molecule has 0 fully saturated rings. The summed E-state index contributed by atoms with van der Waals surface area (Å²) in [6.07, 6.45) is 2.34. The van der Waals surface area contributed by atoms with E-state index in [1.54, 1.807) is 0 Å². The third-order valence-corrected chi connectivity index (χ3v) is 4.93. The number of hydrogen-bond donors (Lipinski definition) is 1. The fourth-order valence-corrected chi connectivity index (χ4v) is 3.24. The lowest BCUT2D eigenvalue weighted by Crippen LogP contribution is -2.35. The van der Waals surface area contributed by atoms with Gasteiger partial charge in [0, 0.05) is 16.5 Å². The maximum absolute atomic E-state index is 3.72. The first-order chi connectivity index (χ1) is 9.33. The van der Waals surface area contributed by atoms with Gasteiger partial charge in [-0.3, -0.25) is 0 Å². The summed E-state index contributed by atoms with van der Waals surface area (Å²) < 4.78 is 0.340. The van der Waals surface area contributed by atoms with Gasteiger partial charge in [0.15, 0.2) is 0 Å². The monoisotopic (exact) mass is 293 g/mol. The number of aryl methyl sites for hydroxylation is 2. The van der Waals surface area contributed by atoms with Crippen LogP contribution < -0.4 is 5.32 Å². The average Bonchev–Trinajstić information content (AvgIpc) is 2.35. The van der Waals surface area contributed by atoms with Gasteiger partial charge in [-0.2, -0.15) is 11.8 Å². The van der Waals surface area contributed by atoms with Crippen LogP contribution >= 0.6 is 11.8 Å². The van der Waals surface area contributed by atoms with Crippen LogP contribution in [0, 0.1) is 13.8 Å². The molecule has 0 radical (unpaired) electrons. The van der Waals surface area contributed by atoms with Crippen molar-refractivity contribution in [3.8, 4) is 0 Å². The molecule has 0 bridgehead atoms. The summed E-state index contributed by atoms with van der Waals surface area (Å²) in [7, 11) is 0. The quantitative estimate of drug-likeness (QED) is 0.779. The Morgan fingerprint density at radius 2 is 1.75 bits per heavy atom. The van der Waals surface area contributed by atoms with E-state index < -0.39 is 0 Å². The molecule has 0 aromatic heterocycles. The molecular formula is C18H31NS. The van der Waals surface area contributed by atoms with Crippen LogP contribution in [0.15, 0.2) is 18.2 Å². The minimum Gasteiger partial charge on any atom is -0.313 e. The number of benzene rings is 1. The van der Waals surface area contributed by atoms with Crippen molar-refractivity contribution < 1.29 is 0 Å². The molecule has 1 aromatic carbocycles. The van der Waals surface area contributed by atoms with E-state index in [4.69, 9.17) is 0 Å². The van der Waals surface area contributed by atoms with Crippen LogP contribution in [0.4, 0.5) is 0 Å². The molecule has 2 heteroatoms. The Morgan fingerprint density at radius 3 is 2.25 bits per heavy atom. The second-order valence-electron chi connectivity index (χ2n) is 6.65. The standard InChI is InChI=1S/C18H31NS/c1-7-11-19-16(13-20-18(4,5)6)12-17-14(2)9-8-10-15(17)3/h8-10,16,19H,7,11-13H2,1-6H3. The molecule has 1 N–H and O–H groups in total. The van der Waals surface area contributed by atoms with Crippen LogP contribution in [-0.2, 0) is 6.42 Å². The van der Waals surface area contributed by atoms with Gasteiger partial charge in [-0.05, 0) is 49.9 Å². The molecular weight excluding hydrogens is 262 g/mol. The first-order valence-electron chi connectivity index (χ1n) is 7.76. The molecule has 0 spiro atoms. The highest BCUT2D eigenvalue weighted by molar-refractivity contribution is 8.00. The number of hydrogen-bond acceptors (Lipinski definition) is 2. The van der Waals surface area contributed by atoms with Crippen LogP contribution in [-0.4, -0.2) is 23.1 Å². The summed E-state index contributed by atoms with van der Waals surface area (Å²) in [6, 6.07) is 7.19. The molecule has 0 aliphatic rings. The van der Waals surface area contributed by atoms with Gasteiger partial charge in [-0.15, -0.1) is 0 Å². The highest BCUT2D eigenvalue weighted by Crippen LogP contribution is 2.25. The Morgan fingerprint density at radius 1 is 1.15 bits per heavy atom. The van der Waals surface area contributed by atoms with Crippen molar-refractivity contribution in [2.75, 3.05) is 12.3 Å². The zero-order chi connectivity index (χ0) is 15.2. The summed E-state index contributed by atoms with van der Waals surface area (Å²) in [5, 5.41) is 3.72. The molecule has 0 heterocycles. The Labute approximate surface area is 129 Å². The Hall–Kier alpha value is -0.470. The molecule has 0 saturated carbocycles. The molecule has 0 aliphatic carbocycles. The lowest BCUT2D eigenvalue weighted by atomic mass is 9.97. The third kappa shape index (κ3) is 6.32. The largest absolute Gasteiger partial charge is 0.313 e. The third-order valence-electron chi connectivity index (χ3n) is 3.50. The van der Waals surface area contributed by atoms with Gasteiger partial charge in [0.25, 0.3) is 0 Å². The normalized spacial score (nSPS) is 13.5. The average molecular weight is 294 g/mol. The Balaban J connectivity index is 2.73. The first kappa shape index (κ1) is 17.6. The molecule has 0 amide bonds. The van der Waals surface area contributed by atoms with Gasteiger partial charge in [0.1, 0.15) is 0 Å². The summed E-state index contributed by atoms with van der Waals surface area (Å²) in [6.45, 7) is 14.7. The van der Waals surface area contributed by atoms with Crippen molar-refractivity contribution in [1.82, 2.24) is 5.32 Å². The molecule has 1 unspecified atom stereocenters. The van der Waals surface area contributed by atoms with Crippen molar-refractivity contribution in [3.63, 3.8) is 0 Å². The predicted octanol–water partition coefficient (Wildman–Crippen LogP) is 4.75. The smallest absolute Gasteiger partial charge is 0.0198 e. The van der Waals surface area contributed by atoms with Crippen LogP contribution in [0.5, 0.6) is 0 Å². The minimum atomic E-state index is 0.340. The van der Waals surface area contributed by atoms with Gasteiger partial charge in [-0.1, -0.05) is 45.9 Å². The van der Waals surface area contributed by atoms with Gasteiger partial charge >= 0.3 is 0 Å². The molecule has 114 valence electrons. The van der Waals surface area contributed by atoms with E-state index in [1.165, 1.54) is 28.9 Å². The Kier molecular flexibility index (Phi) is 7.11. The number of thioether (sulfide) groups is 1. The van der Waals surface area contributed by atoms with Gasteiger partial charge in [0.05, 0.1) is 0 Å². The van der Waals surface area contributed by atoms with E-state index in [2.05, 4.69) is 76.8 Å². The second-order valence-corrected chi connectivity index (χ2v) is 8.50. The van der Waals surface area contributed by atoms with E-state index in [0.717, 1.165) is 13.0 Å². The second kappa shape index (κ2) is 8.09. The van der Waals surface area contributed by atoms with Crippen LogP contribution in [0.1, 0.15) is 50.8 Å². The zero-order valence-electron chi connectivity index (χ0n) is 14.0. The lowest BCUT2D eigenvalue weighted by Gasteiger charge is -2.25. The first-order valence-corrected chi connectivity index (χ1v) is 8.74. The van der Waals surface area contributed by atoms with Crippen molar-refractivity contribution in [2.45, 2.75) is 65.2 Å². The van der Waals surface area contributed by atoms with E-state index in [1.807, 2.05) is 0 Å². The zero-order valence-corrected chi connectivity index (χ0v) is 14.9. The minimum absolute atomic E-state index is 0.340. The molecule has 1 atom stereocenters. The summed E-state index contributed by atoms with van der Waals surface area (Å²) in [5.74, 6) is 1.18. The summed E-state index contributed by atoms with van der Waals surface area (Å²) in [5.41, 5.74) is 4.37. The molecule has 1 nitrogen and oxygen atoms in total. The molecule has 0 aliphatic heterocycles. The number of rotatable bonds is 7. The van der Waals surface area contributed by atoms with E-state index >= 15 is 0 Å². The van der Waals surface area contributed by atoms with Gasteiger partial charge in [0.2, 0.25) is 0 Å². The molecule has 1 aromatic rings. The molecule has 20 heavy (non-hydrogen) atoms. The lowest BCUT2D eigenvalue weighted by molar-refractivity contribution is 0.546. The molecule has 0 saturated heterocycles. The highest BCUT2D eigenvalue weighted by Gasteiger charge is 2.17. The van der Waals surface area contributed by atoms with Crippen molar-refractivity contribution in [3.05, 3.63) is 34.9 Å². The number of nitrogens with one attached hydrogen (secondary N) is 1. The maximum Gasteiger partial charge on any atom is 0.0198 e. The molecule has 1 rings (SSSR count). The van der Waals surface area contributed by atoms with Crippen molar-refractivity contribution >= 4 is 11.8 Å². The predicted molar refractivity (Wildman–Crippen MR) is 93.9 cm³/mol. The van der Waals surface area contributed by atoms with Crippen molar-refractivity contribution in [1.29, 1.82) is 0 Å². The fraction of sp³-hybridized carbons (Fsp3) is 0.667. The van der Waals surface area contributed by atoms with E-state index in [0.29, 0.717) is 10.8 Å². The highest BCUT2D eigenvalue weighted by atomic mass is 32.2. The topological polar surface area (TPSA) is 12.0 Å². The van der Waals surface area contributed by atoms with Gasteiger partial charge in [-0.25, -0.2) is 0 Å². The maximum atomic E-state index is 3.72. The summed E-state index contributed by atoms with van der Waals surface area (Å²) in [4.78, 5) is 0. The van der Waals surface area contributed by atoms with Crippen LogP contribution in [0.25, 0.3) is 0 Å².